The number of ether oxygens (including phenoxy) is 1. The Labute approximate surface area is 157 Å². The van der Waals surface area contributed by atoms with Gasteiger partial charge in [-0.1, -0.05) is 55.8 Å². The maximum atomic E-state index is 12.4. The molecule has 0 saturated heterocycles. The number of halogens is 1. The average Bonchev–Trinajstić information content (AvgIpc) is 2.64. The van der Waals surface area contributed by atoms with E-state index in [4.69, 9.17) is 21.6 Å². The molecule has 6 heteroatoms. The second kappa shape index (κ2) is 9.02. The number of amides is 1. The number of nitriles is 1. The second-order valence-corrected chi connectivity index (χ2v) is 6.50. The van der Waals surface area contributed by atoms with E-state index in [9.17, 15) is 9.59 Å². The van der Waals surface area contributed by atoms with Crippen molar-refractivity contribution in [1.29, 1.82) is 5.26 Å². The van der Waals surface area contributed by atoms with Gasteiger partial charge in [0.15, 0.2) is 0 Å². The van der Waals surface area contributed by atoms with Gasteiger partial charge >= 0.3 is 5.97 Å². The number of esters is 1. The van der Waals surface area contributed by atoms with Crippen molar-refractivity contribution in [2.45, 2.75) is 26.5 Å². The number of carbonyl (C=O) groups is 2. The second-order valence-electron chi connectivity index (χ2n) is 6.09. The summed E-state index contributed by atoms with van der Waals surface area (Å²) in [5.41, 5.74) is 1.43. The van der Waals surface area contributed by atoms with Crippen LogP contribution in [0.25, 0.3) is 0 Å². The molecule has 0 spiro atoms. The fourth-order valence-electron chi connectivity index (χ4n) is 2.29. The predicted molar refractivity (Wildman–Crippen MR) is 98.5 cm³/mol. The van der Waals surface area contributed by atoms with Gasteiger partial charge in [-0.3, -0.25) is 4.79 Å². The molecule has 0 aliphatic heterocycles. The third kappa shape index (κ3) is 5.08. The molecule has 0 fully saturated rings. The number of nitrogens with one attached hydrogen (secondary N) is 1. The topological polar surface area (TPSA) is 79.2 Å². The van der Waals surface area contributed by atoms with Crippen molar-refractivity contribution in [2.75, 3.05) is 0 Å². The van der Waals surface area contributed by atoms with Crippen LogP contribution in [-0.4, -0.2) is 17.9 Å². The first-order chi connectivity index (χ1) is 12.4. The molecule has 1 atom stereocenters. The van der Waals surface area contributed by atoms with E-state index in [1.807, 2.05) is 50.2 Å². The van der Waals surface area contributed by atoms with Gasteiger partial charge in [0, 0.05) is 5.56 Å². The highest BCUT2D eigenvalue weighted by Gasteiger charge is 2.26. The Morgan fingerprint density at radius 3 is 2.46 bits per heavy atom. The van der Waals surface area contributed by atoms with Crippen molar-refractivity contribution in [3.05, 3.63) is 70.2 Å². The monoisotopic (exact) mass is 370 g/mol. The van der Waals surface area contributed by atoms with Gasteiger partial charge in [0.05, 0.1) is 10.6 Å². The van der Waals surface area contributed by atoms with Crippen molar-refractivity contribution >= 4 is 23.5 Å². The SMILES string of the molecule is CC(C)[C@H](NC(=O)c1ccc(C#N)c(Cl)c1)C(=O)OCc1ccccc1. The number of hydrogen-bond donors (Lipinski definition) is 1. The highest BCUT2D eigenvalue weighted by atomic mass is 35.5. The highest BCUT2D eigenvalue weighted by molar-refractivity contribution is 6.32. The summed E-state index contributed by atoms with van der Waals surface area (Å²) in [4.78, 5) is 24.8. The van der Waals surface area contributed by atoms with Crippen LogP contribution in [0.1, 0.15) is 35.3 Å². The lowest BCUT2D eigenvalue weighted by Crippen LogP contribution is -2.45. The van der Waals surface area contributed by atoms with Gasteiger partial charge in [0.1, 0.15) is 18.7 Å². The summed E-state index contributed by atoms with van der Waals surface area (Å²) < 4.78 is 5.33. The third-order valence-electron chi connectivity index (χ3n) is 3.78. The first-order valence-corrected chi connectivity index (χ1v) is 8.51. The smallest absolute Gasteiger partial charge is 0.329 e. The van der Waals surface area contributed by atoms with Crippen LogP contribution in [0.5, 0.6) is 0 Å². The minimum atomic E-state index is -0.791. The number of hydrogen-bond acceptors (Lipinski definition) is 4. The van der Waals surface area contributed by atoms with Crippen LogP contribution in [0.4, 0.5) is 0 Å². The Balaban J connectivity index is 2.05. The Hall–Kier alpha value is -2.84. The maximum Gasteiger partial charge on any atom is 0.329 e. The van der Waals surface area contributed by atoms with Crippen LogP contribution in [0.15, 0.2) is 48.5 Å². The summed E-state index contributed by atoms with van der Waals surface area (Å²) in [5, 5.41) is 11.8. The highest BCUT2D eigenvalue weighted by Crippen LogP contribution is 2.17. The van der Waals surface area contributed by atoms with Crippen LogP contribution >= 0.6 is 11.6 Å². The first-order valence-electron chi connectivity index (χ1n) is 8.13. The predicted octanol–water partition coefficient (Wildman–Crippen LogP) is 3.71. The molecule has 0 aliphatic rings. The van der Waals surface area contributed by atoms with Crippen molar-refractivity contribution < 1.29 is 14.3 Å². The van der Waals surface area contributed by atoms with Crippen molar-refractivity contribution in [3.8, 4) is 6.07 Å². The zero-order valence-corrected chi connectivity index (χ0v) is 15.3. The quantitative estimate of drug-likeness (QED) is 0.786. The summed E-state index contributed by atoms with van der Waals surface area (Å²) in [6, 6.07) is 14.8. The van der Waals surface area contributed by atoms with Crippen molar-refractivity contribution in [2.24, 2.45) is 5.92 Å². The van der Waals surface area contributed by atoms with Gasteiger partial charge in [0.2, 0.25) is 0 Å². The Morgan fingerprint density at radius 2 is 1.88 bits per heavy atom. The molecular formula is C20H19ClN2O3. The average molecular weight is 371 g/mol. The summed E-state index contributed by atoms with van der Waals surface area (Å²) in [6.45, 7) is 3.78. The molecule has 2 rings (SSSR count). The van der Waals surface area contributed by atoms with E-state index in [1.165, 1.54) is 18.2 Å². The first kappa shape index (κ1) is 19.5. The molecular weight excluding hydrogens is 352 g/mol. The number of nitrogens with zero attached hydrogens (tertiary/aromatic N) is 1. The molecule has 2 aromatic carbocycles. The van der Waals surface area contributed by atoms with Crippen molar-refractivity contribution in [3.63, 3.8) is 0 Å². The van der Waals surface area contributed by atoms with Crippen LogP contribution in [0.3, 0.4) is 0 Å². The van der Waals surface area contributed by atoms with Gasteiger partial charge in [0.25, 0.3) is 5.91 Å². The molecule has 0 unspecified atom stereocenters. The van der Waals surface area contributed by atoms with Gasteiger partial charge in [-0.2, -0.15) is 5.26 Å². The lowest BCUT2D eigenvalue weighted by molar-refractivity contribution is -0.148. The van der Waals surface area contributed by atoms with Crippen LogP contribution in [-0.2, 0) is 16.1 Å². The fourth-order valence-corrected chi connectivity index (χ4v) is 2.51. The largest absolute Gasteiger partial charge is 0.459 e. The molecule has 1 amide bonds. The zero-order valence-electron chi connectivity index (χ0n) is 14.5. The molecule has 134 valence electrons. The van der Waals surface area contributed by atoms with E-state index in [0.717, 1.165) is 5.56 Å². The molecule has 0 aliphatic carbocycles. The molecule has 0 radical (unpaired) electrons. The van der Waals surface area contributed by atoms with E-state index >= 15 is 0 Å². The summed E-state index contributed by atoms with van der Waals surface area (Å²) in [5.74, 6) is -1.11. The number of carbonyl (C=O) groups excluding carboxylic acids is 2. The summed E-state index contributed by atoms with van der Waals surface area (Å²) in [6.07, 6.45) is 0. The molecule has 2 aromatic rings. The van der Waals surface area contributed by atoms with Crippen LogP contribution in [0.2, 0.25) is 5.02 Å². The Morgan fingerprint density at radius 1 is 1.19 bits per heavy atom. The minimum absolute atomic E-state index is 0.140. The lowest BCUT2D eigenvalue weighted by Gasteiger charge is -2.21. The van der Waals surface area contributed by atoms with E-state index in [-0.39, 0.29) is 28.7 Å². The molecule has 0 heterocycles. The molecule has 0 saturated carbocycles. The molecule has 26 heavy (non-hydrogen) atoms. The maximum absolute atomic E-state index is 12.4. The van der Waals surface area contributed by atoms with Crippen LogP contribution in [0, 0.1) is 17.2 Å². The molecule has 0 bridgehead atoms. The standard InChI is InChI=1S/C20H19ClN2O3/c1-13(2)18(20(25)26-12-14-6-4-3-5-7-14)23-19(24)15-8-9-16(11-22)17(21)10-15/h3-10,13,18H,12H2,1-2H3,(H,23,24)/t18-/m0/s1. The third-order valence-corrected chi connectivity index (χ3v) is 4.10. The lowest BCUT2D eigenvalue weighted by atomic mass is 10.0. The Bertz CT molecular complexity index is 829. The van der Waals surface area contributed by atoms with Gasteiger partial charge in [-0.25, -0.2) is 4.79 Å². The summed E-state index contributed by atoms with van der Waals surface area (Å²) in [7, 11) is 0. The van der Waals surface area contributed by atoms with Crippen molar-refractivity contribution in [1.82, 2.24) is 5.32 Å². The molecule has 1 N–H and O–H groups in total. The normalized spacial score (nSPS) is 11.5. The zero-order chi connectivity index (χ0) is 19.1. The minimum Gasteiger partial charge on any atom is -0.459 e. The number of rotatable bonds is 6. The molecule has 0 aromatic heterocycles. The van der Waals surface area contributed by atoms with E-state index in [0.29, 0.717) is 0 Å². The number of benzene rings is 2. The van der Waals surface area contributed by atoms with E-state index in [1.54, 1.807) is 0 Å². The van der Waals surface area contributed by atoms with E-state index in [2.05, 4.69) is 5.32 Å². The fraction of sp³-hybridized carbons (Fsp3) is 0.250. The summed E-state index contributed by atoms with van der Waals surface area (Å²) >= 11 is 5.96. The van der Waals surface area contributed by atoms with E-state index < -0.39 is 17.9 Å². The Kier molecular flexibility index (Phi) is 6.76. The van der Waals surface area contributed by atoms with Gasteiger partial charge < -0.3 is 10.1 Å². The van der Waals surface area contributed by atoms with Gasteiger partial charge in [-0.15, -0.1) is 0 Å². The van der Waals surface area contributed by atoms with Crippen LogP contribution < -0.4 is 5.32 Å². The molecule has 5 nitrogen and oxygen atoms in total. The van der Waals surface area contributed by atoms with Gasteiger partial charge in [-0.05, 0) is 29.7 Å².